The molecule has 0 saturated carbocycles. The lowest BCUT2D eigenvalue weighted by Gasteiger charge is -2.32. The van der Waals surface area contributed by atoms with Crippen LogP contribution in [0.15, 0.2) is 54.9 Å². The molecule has 0 aliphatic heterocycles. The van der Waals surface area contributed by atoms with Crippen LogP contribution < -0.4 is 16.0 Å². The molecule has 0 bridgehead atoms. The number of aromatic nitrogens is 1. The number of hydrogen-bond acceptors (Lipinski definition) is 7. The minimum atomic E-state index is -1.42. The number of benzene rings is 1. The van der Waals surface area contributed by atoms with E-state index >= 15 is 0 Å². The zero-order valence-corrected chi connectivity index (χ0v) is 27.0. The summed E-state index contributed by atoms with van der Waals surface area (Å²) in [6.07, 6.45) is 4.62. The molecule has 10 heteroatoms. The fourth-order valence-corrected chi connectivity index (χ4v) is 6.32. The summed E-state index contributed by atoms with van der Waals surface area (Å²) >= 11 is 1.66. The first-order valence-corrected chi connectivity index (χ1v) is 16.4. The van der Waals surface area contributed by atoms with Crippen LogP contribution >= 0.6 is 11.8 Å². The van der Waals surface area contributed by atoms with Gasteiger partial charge in [0, 0.05) is 29.9 Å². The number of aliphatic hydroxyl groups is 2. The van der Waals surface area contributed by atoms with E-state index in [0.717, 1.165) is 31.2 Å². The van der Waals surface area contributed by atoms with Crippen molar-refractivity contribution in [3.05, 3.63) is 66.0 Å². The molecular weight excluding hydrogens is 564 g/mol. The maximum Gasteiger partial charge on any atom is 0.253 e. The molecule has 9 nitrogen and oxygen atoms in total. The SMILES string of the molecule is CCCC(CCC)SCC(NC(=O)c1cccnc1)C(=O)N[C@@H](CC(C)C)[C@@H](O)[C@H](O)[C@@H](C)C(=O)NCc1ccccc1. The average molecular weight is 615 g/mol. The number of thioether (sulfide) groups is 1. The van der Waals surface area contributed by atoms with E-state index in [1.807, 2.05) is 44.2 Å². The zero-order chi connectivity index (χ0) is 31.8. The maximum atomic E-state index is 13.7. The minimum Gasteiger partial charge on any atom is -0.390 e. The number of carbonyl (C=O) groups excluding carboxylic acids is 3. The summed E-state index contributed by atoms with van der Waals surface area (Å²) in [5.74, 6) is -1.76. The van der Waals surface area contributed by atoms with Crippen molar-refractivity contribution in [3.63, 3.8) is 0 Å². The summed E-state index contributed by atoms with van der Waals surface area (Å²) in [5.41, 5.74) is 1.26. The highest BCUT2D eigenvalue weighted by Gasteiger charge is 2.36. The van der Waals surface area contributed by atoms with Crippen LogP contribution in [0, 0.1) is 11.8 Å². The van der Waals surface area contributed by atoms with Crippen molar-refractivity contribution in [1.29, 1.82) is 0 Å². The molecule has 43 heavy (non-hydrogen) atoms. The van der Waals surface area contributed by atoms with Crippen LogP contribution in [-0.2, 0) is 16.1 Å². The number of pyridine rings is 1. The van der Waals surface area contributed by atoms with Crippen LogP contribution in [0.2, 0.25) is 0 Å². The van der Waals surface area contributed by atoms with E-state index in [9.17, 15) is 24.6 Å². The number of nitrogens with one attached hydrogen (secondary N) is 3. The van der Waals surface area contributed by atoms with Crippen molar-refractivity contribution in [3.8, 4) is 0 Å². The fraction of sp³-hybridized carbons (Fsp3) is 0.576. The Morgan fingerprint density at radius 2 is 1.56 bits per heavy atom. The van der Waals surface area contributed by atoms with E-state index in [-0.39, 0.29) is 5.92 Å². The summed E-state index contributed by atoms with van der Waals surface area (Å²) in [6.45, 7) is 10.0. The van der Waals surface area contributed by atoms with Gasteiger partial charge in [0.05, 0.1) is 23.6 Å². The molecule has 0 aliphatic carbocycles. The third-order valence-corrected chi connectivity index (χ3v) is 8.78. The van der Waals surface area contributed by atoms with Gasteiger partial charge in [-0.1, -0.05) is 77.8 Å². The third-order valence-electron chi connectivity index (χ3n) is 7.32. The highest BCUT2D eigenvalue weighted by Crippen LogP contribution is 2.23. The Morgan fingerprint density at radius 1 is 0.884 bits per heavy atom. The Bertz CT molecular complexity index is 1100. The first-order valence-electron chi connectivity index (χ1n) is 15.4. The van der Waals surface area contributed by atoms with Crippen LogP contribution in [0.5, 0.6) is 0 Å². The molecule has 5 atom stereocenters. The van der Waals surface area contributed by atoms with Crippen LogP contribution in [0.1, 0.15) is 82.6 Å². The lowest BCUT2D eigenvalue weighted by molar-refractivity contribution is -0.133. The number of carbonyl (C=O) groups is 3. The predicted octanol–water partition coefficient (Wildman–Crippen LogP) is 4.09. The molecule has 5 N–H and O–H groups in total. The predicted molar refractivity (Wildman–Crippen MR) is 172 cm³/mol. The van der Waals surface area contributed by atoms with E-state index in [2.05, 4.69) is 34.8 Å². The highest BCUT2D eigenvalue weighted by atomic mass is 32.2. The molecule has 1 aromatic heterocycles. The second-order valence-corrected chi connectivity index (χ2v) is 12.9. The Balaban J connectivity index is 2.16. The van der Waals surface area contributed by atoms with Crippen LogP contribution in [0.3, 0.4) is 0 Å². The number of amides is 3. The van der Waals surface area contributed by atoms with E-state index in [1.165, 1.54) is 6.20 Å². The molecule has 1 heterocycles. The quantitative estimate of drug-likeness (QED) is 0.161. The molecule has 0 saturated heterocycles. The zero-order valence-electron chi connectivity index (χ0n) is 26.2. The van der Waals surface area contributed by atoms with Gasteiger partial charge in [-0.05, 0) is 42.9 Å². The van der Waals surface area contributed by atoms with E-state index in [0.29, 0.717) is 29.5 Å². The summed E-state index contributed by atoms with van der Waals surface area (Å²) in [7, 11) is 0. The molecule has 0 fully saturated rings. The van der Waals surface area contributed by atoms with Gasteiger partial charge in [0.25, 0.3) is 5.91 Å². The van der Waals surface area contributed by atoms with Gasteiger partial charge in [-0.2, -0.15) is 11.8 Å². The first kappa shape index (κ1) is 36.2. The summed E-state index contributed by atoms with van der Waals surface area (Å²) in [4.78, 5) is 43.5. The smallest absolute Gasteiger partial charge is 0.253 e. The van der Waals surface area contributed by atoms with E-state index in [1.54, 1.807) is 37.0 Å². The summed E-state index contributed by atoms with van der Waals surface area (Å²) in [5, 5.41) is 31.2. The van der Waals surface area contributed by atoms with Gasteiger partial charge in [-0.15, -0.1) is 0 Å². The van der Waals surface area contributed by atoms with Gasteiger partial charge in [0.2, 0.25) is 11.8 Å². The normalized spacial score (nSPS) is 14.9. The van der Waals surface area contributed by atoms with Gasteiger partial charge in [0.15, 0.2) is 0 Å². The van der Waals surface area contributed by atoms with Crippen molar-refractivity contribution >= 4 is 29.5 Å². The topological polar surface area (TPSA) is 141 Å². The molecule has 2 aromatic rings. The lowest BCUT2D eigenvalue weighted by atomic mass is 9.89. The Morgan fingerprint density at radius 3 is 2.14 bits per heavy atom. The molecule has 1 unspecified atom stereocenters. The Hall–Kier alpha value is -2.95. The van der Waals surface area contributed by atoms with E-state index in [4.69, 9.17) is 0 Å². The fourth-order valence-electron chi connectivity index (χ4n) is 4.82. The molecule has 238 valence electrons. The monoisotopic (exact) mass is 614 g/mol. The largest absolute Gasteiger partial charge is 0.390 e. The number of nitrogens with zero attached hydrogens (tertiary/aromatic N) is 1. The maximum absolute atomic E-state index is 13.7. The number of rotatable bonds is 19. The second-order valence-electron chi connectivity index (χ2n) is 11.5. The van der Waals surface area contributed by atoms with Gasteiger partial charge in [-0.25, -0.2) is 0 Å². The first-order chi connectivity index (χ1) is 20.6. The highest BCUT2D eigenvalue weighted by molar-refractivity contribution is 7.99. The van der Waals surface area contributed by atoms with Gasteiger partial charge in [-0.3, -0.25) is 19.4 Å². The second kappa shape index (κ2) is 19.4. The van der Waals surface area contributed by atoms with Crippen molar-refractivity contribution < 1.29 is 24.6 Å². The number of hydrogen-bond donors (Lipinski definition) is 5. The van der Waals surface area contributed by atoms with Crippen LogP contribution in [0.4, 0.5) is 0 Å². The number of aliphatic hydroxyl groups excluding tert-OH is 2. The van der Waals surface area contributed by atoms with E-state index < -0.39 is 47.9 Å². The molecule has 0 spiro atoms. The lowest BCUT2D eigenvalue weighted by Crippen LogP contribution is -2.57. The van der Waals surface area contributed by atoms with Crippen molar-refractivity contribution in [2.75, 3.05) is 5.75 Å². The van der Waals surface area contributed by atoms with Crippen molar-refractivity contribution in [2.24, 2.45) is 11.8 Å². The van der Waals surface area contributed by atoms with Crippen molar-refractivity contribution in [1.82, 2.24) is 20.9 Å². The van der Waals surface area contributed by atoms with Gasteiger partial charge >= 0.3 is 0 Å². The Kier molecular flexibility index (Phi) is 16.3. The third kappa shape index (κ3) is 12.7. The minimum absolute atomic E-state index is 0.0747. The van der Waals surface area contributed by atoms with Gasteiger partial charge in [0.1, 0.15) is 12.1 Å². The average Bonchev–Trinajstić information content (AvgIpc) is 3.01. The molecule has 0 aliphatic rings. The summed E-state index contributed by atoms with van der Waals surface area (Å²) in [6, 6.07) is 11.0. The molecule has 3 amide bonds. The van der Waals surface area contributed by atoms with Crippen LogP contribution in [0.25, 0.3) is 0 Å². The summed E-state index contributed by atoms with van der Waals surface area (Å²) < 4.78 is 0. The molecule has 2 rings (SSSR count). The molecule has 0 radical (unpaired) electrons. The Labute approximate surface area is 261 Å². The van der Waals surface area contributed by atoms with Crippen molar-refractivity contribution in [2.45, 2.75) is 103 Å². The van der Waals surface area contributed by atoms with Gasteiger partial charge < -0.3 is 26.2 Å². The van der Waals surface area contributed by atoms with Crippen LogP contribution in [-0.4, -0.2) is 68.2 Å². The standard InChI is InChI=1S/C33H50N4O5S/c1-6-12-26(13-7-2)43-21-28(37-32(41)25-16-11-17-34-20-25)33(42)36-27(18-22(3)4)30(39)29(38)23(5)31(40)35-19-24-14-9-8-10-15-24/h8-11,14-17,20,22-23,26-30,38-39H,6-7,12-13,18-19,21H2,1-5H3,(H,35,40)(H,36,42)(H,37,41)/t23-,27+,28?,29-,30-/m1/s1. The molecular formula is C33H50N4O5S. The molecule has 1 aromatic carbocycles.